The largest absolute Gasteiger partial charge is 0.342 e. The number of amides is 1. The lowest BCUT2D eigenvalue weighted by molar-refractivity contribution is -0.131. The van der Waals surface area contributed by atoms with E-state index in [1.807, 2.05) is 7.05 Å². The van der Waals surface area contributed by atoms with E-state index in [1.165, 1.54) is 12.1 Å². The second-order valence-corrected chi connectivity index (χ2v) is 4.86. The standard InChI is InChI=1S/C14H18F2N2O.ClH/c1-17-12-4-6-18(7-5-12)14(19)8-10-2-3-11(15)9-13(10)16;/h2-3,9,12,17H,4-8H2,1H3;1H. The smallest absolute Gasteiger partial charge is 0.227 e. The fourth-order valence-corrected chi connectivity index (χ4v) is 2.36. The van der Waals surface area contributed by atoms with Crippen LogP contribution in [0.15, 0.2) is 18.2 Å². The van der Waals surface area contributed by atoms with Crippen molar-refractivity contribution in [2.75, 3.05) is 20.1 Å². The molecule has 2 rings (SSSR count). The summed E-state index contributed by atoms with van der Waals surface area (Å²) in [4.78, 5) is 13.8. The van der Waals surface area contributed by atoms with Gasteiger partial charge in [0.25, 0.3) is 0 Å². The molecule has 0 spiro atoms. The van der Waals surface area contributed by atoms with Crippen molar-refractivity contribution in [3.8, 4) is 0 Å². The zero-order valence-electron chi connectivity index (χ0n) is 11.4. The third kappa shape index (κ3) is 4.15. The molecule has 0 radical (unpaired) electrons. The molecule has 1 aromatic carbocycles. The minimum absolute atomic E-state index is 0. The van der Waals surface area contributed by atoms with Crippen molar-refractivity contribution in [1.82, 2.24) is 10.2 Å². The Morgan fingerprint density at radius 3 is 2.55 bits per heavy atom. The van der Waals surface area contributed by atoms with Crippen LogP contribution >= 0.6 is 12.4 Å². The first-order valence-electron chi connectivity index (χ1n) is 6.49. The highest BCUT2D eigenvalue weighted by Gasteiger charge is 2.22. The van der Waals surface area contributed by atoms with E-state index in [1.54, 1.807) is 4.90 Å². The van der Waals surface area contributed by atoms with Gasteiger partial charge in [0.15, 0.2) is 0 Å². The Hall–Kier alpha value is -1.20. The molecule has 0 aromatic heterocycles. The zero-order chi connectivity index (χ0) is 13.8. The lowest BCUT2D eigenvalue weighted by Gasteiger charge is -2.31. The van der Waals surface area contributed by atoms with Gasteiger partial charge in [-0.25, -0.2) is 8.78 Å². The van der Waals surface area contributed by atoms with Crippen LogP contribution in [0.4, 0.5) is 8.78 Å². The maximum atomic E-state index is 13.5. The van der Waals surface area contributed by atoms with Gasteiger partial charge in [-0.05, 0) is 31.5 Å². The Bertz CT molecular complexity index is 462. The lowest BCUT2D eigenvalue weighted by atomic mass is 10.0. The molecule has 1 N–H and O–H groups in total. The normalized spacial score (nSPS) is 15.8. The average molecular weight is 305 g/mol. The summed E-state index contributed by atoms with van der Waals surface area (Å²) in [6.45, 7) is 1.38. The Morgan fingerprint density at radius 1 is 1.35 bits per heavy atom. The summed E-state index contributed by atoms with van der Waals surface area (Å²) >= 11 is 0. The van der Waals surface area contributed by atoms with Crippen LogP contribution in [0.25, 0.3) is 0 Å². The molecule has 1 aliphatic rings. The van der Waals surface area contributed by atoms with Crippen molar-refractivity contribution in [3.05, 3.63) is 35.4 Å². The number of piperidine rings is 1. The summed E-state index contributed by atoms with van der Waals surface area (Å²) in [6.07, 6.45) is 1.82. The van der Waals surface area contributed by atoms with E-state index >= 15 is 0 Å². The van der Waals surface area contributed by atoms with Crippen LogP contribution in [-0.2, 0) is 11.2 Å². The molecule has 1 saturated heterocycles. The topological polar surface area (TPSA) is 32.3 Å². The van der Waals surface area contributed by atoms with Gasteiger partial charge in [-0.1, -0.05) is 6.07 Å². The van der Waals surface area contributed by atoms with Crippen LogP contribution in [0.3, 0.4) is 0 Å². The van der Waals surface area contributed by atoms with E-state index in [-0.39, 0.29) is 30.3 Å². The number of hydrogen-bond donors (Lipinski definition) is 1. The van der Waals surface area contributed by atoms with E-state index in [9.17, 15) is 13.6 Å². The van der Waals surface area contributed by atoms with E-state index in [4.69, 9.17) is 0 Å². The number of nitrogens with zero attached hydrogens (tertiary/aromatic N) is 1. The second kappa shape index (κ2) is 7.55. The molecule has 0 bridgehead atoms. The number of hydrogen-bond acceptors (Lipinski definition) is 2. The number of benzene rings is 1. The fraction of sp³-hybridized carbons (Fsp3) is 0.500. The molecule has 3 nitrogen and oxygen atoms in total. The monoisotopic (exact) mass is 304 g/mol. The van der Waals surface area contributed by atoms with E-state index in [0.717, 1.165) is 18.9 Å². The molecule has 1 fully saturated rings. The third-order valence-corrected chi connectivity index (χ3v) is 3.61. The maximum Gasteiger partial charge on any atom is 0.227 e. The molecule has 0 saturated carbocycles. The van der Waals surface area contributed by atoms with Crippen molar-refractivity contribution in [1.29, 1.82) is 0 Å². The molecule has 112 valence electrons. The minimum Gasteiger partial charge on any atom is -0.342 e. The van der Waals surface area contributed by atoms with E-state index < -0.39 is 11.6 Å². The molecule has 20 heavy (non-hydrogen) atoms. The summed E-state index contributed by atoms with van der Waals surface area (Å²) in [5.74, 6) is -1.37. The van der Waals surface area contributed by atoms with Crippen molar-refractivity contribution in [2.24, 2.45) is 0 Å². The first kappa shape index (κ1) is 16.9. The van der Waals surface area contributed by atoms with Crippen molar-refractivity contribution in [3.63, 3.8) is 0 Å². The first-order chi connectivity index (χ1) is 9.10. The number of nitrogens with one attached hydrogen (secondary N) is 1. The highest BCUT2D eigenvalue weighted by atomic mass is 35.5. The summed E-state index contributed by atoms with van der Waals surface area (Å²) in [5.41, 5.74) is 0.252. The number of carbonyl (C=O) groups is 1. The zero-order valence-corrected chi connectivity index (χ0v) is 12.2. The minimum atomic E-state index is -0.654. The summed E-state index contributed by atoms with van der Waals surface area (Å²) in [7, 11) is 1.91. The molecule has 1 amide bonds. The summed E-state index contributed by atoms with van der Waals surface area (Å²) in [5, 5.41) is 3.19. The van der Waals surface area contributed by atoms with Crippen LogP contribution in [0, 0.1) is 11.6 Å². The number of halogens is 3. The van der Waals surface area contributed by atoms with Gasteiger partial charge in [-0.15, -0.1) is 12.4 Å². The SMILES string of the molecule is CNC1CCN(C(=O)Cc2ccc(F)cc2F)CC1.Cl. The molecule has 1 heterocycles. The van der Waals surface area contributed by atoms with Crippen LogP contribution < -0.4 is 5.32 Å². The average Bonchev–Trinajstić information content (AvgIpc) is 2.42. The Labute approximate surface area is 123 Å². The molecule has 6 heteroatoms. The van der Waals surface area contributed by atoms with Gasteiger partial charge < -0.3 is 10.2 Å². The predicted octanol–water partition coefficient (Wildman–Crippen LogP) is 2.14. The van der Waals surface area contributed by atoms with Gasteiger partial charge in [0, 0.05) is 25.2 Å². The van der Waals surface area contributed by atoms with Crippen molar-refractivity contribution < 1.29 is 13.6 Å². The molecule has 1 aromatic rings. The summed E-state index contributed by atoms with van der Waals surface area (Å²) in [6, 6.07) is 3.78. The third-order valence-electron chi connectivity index (χ3n) is 3.61. The second-order valence-electron chi connectivity index (χ2n) is 4.86. The van der Waals surface area contributed by atoms with E-state index in [2.05, 4.69) is 5.32 Å². The van der Waals surface area contributed by atoms with Crippen LogP contribution in [0.1, 0.15) is 18.4 Å². The maximum absolute atomic E-state index is 13.5. The quantitative estimate of drug-likeness (QED) is 0.928. The number of rotatable bonds is 3. The van der Waals surface area contributed by atoms with Gasteiger partial charge in [0.2, 0.25) is 5.91 Å². The van der Waals surface area contributed by atoms with Crippen molar-refractivity contribution in [2.45, 2.75) is 25.3 Å². The number of carbonyl (C=O) groups excluding carboxylic acids is 1. The Kier molecular flexibility index (Phi) is 6.36. The van der Waals surface area contributed by atoms with Gasteiger partial charge in [0.05, 0.1) is 6.42 Å². The van der Waals surface area contributed by atoms with E-state index in [0.29, 0.717) is 19.1 Å². The van der Waals surface area contributed by atoms with Crippen molar-refractivity contribution >= 4 is 18.3 Å². The highest BCUT2D eigenvalue weighted by Crippen LogP contribution is 2.14. The van der Waals surface area contributed by atoms with Gasteiger partial charge >= 0.3 is 0 Å². The molecule has 0 unspecified atom stereocenters. The van der Waals surface area contributed by atoms with Crippen LogP contribution in [0.5, 0.6) is 0 Å². The van der Waals surface area contributed by atoms with Crippen LogP contribution in [-0.4, -0.2) is 37.0 Å². The van der Waals surface area contributed by atoms with Crippen LogP contribution in [0.2, 0.25) is 0 Å². The Morgan fingerprint density at radius 2 is 2.00 bits per heavy atom. The molecular weight excluding hydrogens is 286 g/mol. The van der Waals surface area contributed by atoms with Gasteiger partial charge in [-0.3, -0.25) is 4.79 Å². The molecule has 0 atom stereocenters. The highest BCUT2D eigenvalue weighted by molar-refractivity contribution is 5.85. The molecular formula is C14H19ClF2N2O. The first-order valence-corrected chi connectivity index (χ1v) is 6.49. The molecule has 1 aliphatic heterocycles. The Balaban J connectivity index is 0.00000200. The lowest BCUT2D eigenvalue weighted by Crippen LogP contribution is -2.44. The fourth-order valence-electron chi connectivity index (χ4n) is 2.36. The number of likely N-dealkylation sites (tertiary alicyclic amines) is 1. The predicted molar refractivity (Wildman–Crippen MR) is 76.0 cm³/mol. The van der Waals surface area contributed by atoms with Gasteiger partial charge in [0.1, 0.15) is 11.6 Å². The summed E-state index contributed by atoms with van der Waals surface area (Å²) < 4.78 is 26.3. The van der Waals surface area contributed by atoms with Gasteiger partial charge in [-0.2, -0.15) is 0 Å². The molecule has 0 aliphatic carbocycles.